The Morgan fingerprint density at radius 1 is 0.821 bits per heavy atom. The van der Waals surface area contributed by atoms with E-state index in [2.05, 4.69) is 53.4 Å². The second-order valence-corrected chi connectivity index (χ2v) is 13.0. The number of likely N-dealkylation sites (tertiary alicyclic amines) is 1. The molecule has 162 valence electrons. The van der Waals surface area contributed by atoms with Gasteiger partial charge < -0.3 is 0 Å². The number of hydrogen-bond acceptors (Lipinski definition) is 1. The largest absolute Gasteiger partial charge is 0.294 e. The zero-order valence-electron chi connectivity index (χ0n) is 20.1. The van der Waals surface area contributed by atoms with E-state index in [1.165, 1.54) is 57.9 Å². The zero-order valence-corrected chi connectivity index (χ0v) is 20.1. The second-order valence-electron chi connectivity index (χ2n) is 13.0. The molecule has 6 unspecified atom stereocenters. The Morgan fingerprint density at radius 2 is 1.43 bits per heavy atom. The number of hydrogen-bond donors (Lipinski definition) is 0. The van der Waals surface area contributed by atoms with Crippen molar-refractivity contribution >= 4 is 0 Å². The van der Waals surface area contributed by atoms with Gasteiger partial charge in [0.1, 0.15) is 0 Å². The maximum atomic E-state index is 3.12. The Bertz CT molecular complexity index is 530. The van der Waals surface area contributed by atoms with Gasteiger partial charge in [0.05, 0.1) is 0 Å². The van der Waals surface area contributed by atoms with Crippen LogP contribution >= 0.6 is 0 Å². The van der Waals surface area contributed by atoms with E-state index in [0.29, 0.717) is 11.0 Å². The van der Waals surface area contributed by atoms with Crippen LogP contribution in [0, 0.1) is 46.8 Å². The molecule has 1 aliphatic heterocycles. The number of rotatable bonds is 3. The highest BCUT2D eigenvalue weighted by atomic mass is 15.3. The van der Waals surface area contributed by atoms with Gasteiger partial charge in [-0.05, 0) is 99.2 Å². The van der Waals surface area contributed by atoms with E-state index >= 15 is 0 Å². The van der Waals surface area contributed by atoms with Gasteiger partial charge in [-0.2, -0.15) is 0 Å². The maximum absolute atomic E-state index is 3.12. The first-order valence-electron chi connectivity index (χ1n) is 12.9. The summed E-state index contributed by atoms with van der Waals surface area (Å²) in [6.45, 7) is 19.3. The van der Waals surface area contributed by atoms with Crippen molar-refractivity contribution < 1.29 is 0 Å². The minimum absolute atomic E-state index is 0.376. The summed E-state index contributed by atoms with van der Waals surface area (Å²) in [6, 6.07) is 0.816. The van der Waals surface area contributed by atoms with Gasteiger partial charge in [0, 0.05) is 18.1 Å². The lowest BCUT2D eigenvalue weighted by Gasteiger charge is -2.53. The molecule has 1 heterocycles. The minimum atomic E-state index is 0.376. The van der Waals surface area contributed by atoms with Crippen LogP contribution in [0.25, 0.3) is 0 Å². The molecule has 0 aromatic carbocycles. The van der Waals surface area contributed by atoms with Gasteiger partial charge in [-0.15, -0.1) is 0 Å². The molecular formula is C27H49N. The van der Waals surface area contributed by atoms with Crippen LogP contribution < -0.4 is 0 Å². The van der Waals surface area contributed by atoms with Crippen LogP contribution in [-0.4, -0.2) is 23.0 Å². The summed E-state index contributed by atoms with van der Waals surface area (Å²) in [5.41, 5.74) is 0.988. The molecule has 0 aromatic heterocycles. The van der Waals surface area contributed by atoms with Crippen LogP contribution in [-0.2, 0) is 0 Å². The zero-order chi connectivity index (χ0) is 20.3. The Kier molecular flexibility index (Phi) is 5.74. The summed E-state index contributed by atoms with van der Waals surface area (Å²) in [5, 5.41) is 0. The van der Waals surface area contributed by atoms with Crippen molar-refractivity contribution in [3.05, 3.63) is 0 Å². The Balaban J connectivity index is 1.68. The molecule has 0 radical (unpaired) electrons. The molecule has 4 aliphatic rings. The first kappa shape index (κ1) is 21.2. The van der Waals surface area contributed by atoms with E-state index in [-0.39, 0.29) is 0 Å². The average Bonchev–Trinajstić information content (AvgIpc) is 2.92. The molecule has 1 nitrogen and oxygen atoms in total. The van der Waals surface area contributed by atoms with E-state index in [9.17, 15) is 0 Å². The molecule has 0 N–H and O–H groups in total. The summed E-state index contributed by atoms with van der Waals surface area (Å²) in [6.07, 6.45) is 13.5. The molecule has 4 fully saturated rings. The monoisotopic (exact) mass is 387 g/mol. The van der Waals surface area contributed by atoms with Crippen molar-refractivity contribution in [2.75, 3.05) is 6.54 Å². The normalized spacial score (nSPS) is 46.6. The SMILES string of the molecule is CC(C)C1CCCC(C(C)C)C1N1CC2(CC1(C)C)C(C)CC1CCCC2C1. The summed E-state index contributed by atoms with van der Waals surface area (Å²) in [7, 11) is 0. The van der Waals surface area contributed by atoms with Crippen molar-refractivity contribution in [3.8, 4) is 0 Å². The van der Waals surface area contributed by atoms with E-state index in [0.717, 1.165) is 47.5 Å². The van der Waals surface area contributed by atoms with E-state index in [1.54, 1.807) is 6.42 Å². The third-order valence-electron chi connectivity index (χ3n) is 10.3. The highest BCUT2D eigenvalue weighted by Crippen LogP contribution is 2.62. The van der Waals surface area contributed by atoms with Crippen molar-refractivity contribution in [1.29, 1.82) is 0 Å². The fourth-order valence-electron chi connectivity index (χ4n) is 8.94. The molecular weight excluding hydrogens is 338 g/mol. The predicted octanol–water partition coefficient (Wildman–Crippen LogP) is 7.40. The van der Waals surface area contributed by atoms with Gasteiger partial charge in [-0.25, -0.2) is 0 Å². The standard InChI is InChI=1S/C27H49N/c1-18(2)23-12-9-13-24(19(3)4)25(23)28-17-27(16-26(28,6)7)20(5)14-21-10-8-11-22(27)15-21/h18-25H,8-17H2,1-7H3. The smallest absolute Gasteiger partial charge is 0.0162 e. The highest BCUT2D eigenvalue weighted by Gasteiger charge is 2.60. The lowest BCUT2D eigenvalue weighted by molar-refractivity contribution is -0.0416. The first-order valence-corrected chi connectivity index (χ1v) is 12.9. The second kappa shape index (κ2) is 7.58. The molecule has 0 amide bonds. The van der Waals surface area contributed by atoms with Crippen LogP contribution in [0.3, 0.4) is 0 Å². The molecule has 1 heteroatoms. The van der Waals surface area contributed by atoms with Gasteiger partial charge in [0.25, 0.3) is 0 Å². The first-order chi connectivity index (χ1) is 13.2. The molecule has 28 heavy (non-hydrogen) atoms. The van der Waals surface area contributed by atoms with Gasteiger partial charge in [0.2, 0.25) is 0 Å². The lowest BCUT2D eigenvalue weighted by atomic mass is 9.53. The van der Waals surface area contributed by atoms with Crippen LogP contribution in [0.1, 0.15) is 106 Å². The van der Waals surface area contributed by atoms with E-state index < -0.39 is 0 Å². The molecule has 1 saturated heterocycles. The van der Waals surface area contributed by atoms with Gasteiger partial charge >= 0.3 is 0 Å². The van der Waals surface area contributed by atoms with Crippen molar-refractivity contribution in [1.82, 2.24) is 4.90 Å². The average molecular weight is 388 g/mol. The predicted molar refractivity (Wildman–Crippen MR) is 121 cm³/mol. The van der Waals surface area contributed by atoms with E-state index in [4.69, 9.17) is 0 Å². The van der Waals surface area contributed by atoms with Crippen LogP contribution in [0.2, 0.25) is 0 Å². The fraction of sp³-hybridized carbons (Fsp3) is 1.00. The van der Waals surface area contributed by atoms with E-state index in [1.807, 2.05) is 0 Å². The van der Waals surface area contributed by atoms with Crippen LogP contribution in [0.5, 0.6) is 0 Å². The fourth-order valence-corrected chi connectivity index (χ4v) is 8.94. The van der Waals surface area contributed by atoms with Gasteiger partial charge in [-0.3, -0.25) is 4.90 Å². The Hall–Kier alpha value is -0.0400. The van der Waals surface area contributed by atoms with Crippen LogP contribution in [0.4, 0.5) is 0 Å². The molecule has 3 saturated carbocycles. The summed E-state index contributed by atoms with van der Waals surface area (Å²) < 4.78 is 0. The molecule has 6 atom stereocenters. The third kappa shape index (κ3) is 3.40. The topological polar surface area (TPSA) is 3.24 Å². The Morgan fingerprint density at radius 3 is 2.04 bits per heavy atom. The molecule has 0 aromatic rings. The minimum Gasteiger partial charge on any atom is -0.294 e. The summed E-state index contributed by atoms with van der Waals surface area (Å²) >= 11 is 0. The summed E-state index contributed by atoms with van der Waals surface area (Å²) in [4.78, 5) is 3.12. The Labute approximate surface area is 176 Å². The molecule has 3 aliphatic carbocycles. The number of fused-ring (bicyclic) bond motifs is 3. The van der Waals surface area contributed by atoms with Crippen molar-refractivity contribution in [3.63, 3.8) is 0 Å². The van der Waals surface area contributed by atoms with Gasteiger partial charge in [-0.1, -0.05) is 53.9 Å². The van der Waals surface area contributed by atoms with Crippen molar-refractivity contribution in [2.45, 2.75) is 118 Å². The van der Waals surface area contributed by atoms with Crippen LogP contribution in [0.15, 0.2) is 0 Å². The molecule has 1 spiro atoms. The van der Waals surface area contributed by atoms with Gasteiger partial charge in [0.15, 0.2) is 0 Å². The molecule has 4 rings (SSSR count). The quantitative estimate of drug-likeness (QED) is 0.487. The summed E-state index contributed by atoms with van der Waals surface area (Å²) in [5.74, 6) is 6.43. The third-order valence-corrected chi connectivity index (χ3v) is 10.3. The lowest BCUT2D eigenvalue weighted by Crippen LogP contribution is -2.56. The highest BCUT2D eigenvalue weighted by molar-refractivity contribution is 5.12. The van der Waals surface area contributed by atoms with Crippen molar-refractivity contribution in [2.24, 2.45) is 46.8 Å². The number of nitrogens with zero attached hydrogens (tertiary/aromatic N) is 1. The molecule has 2 bridgehead atoms. The maximum Gasteiger partial charge on any atom is 0.0162 e.